The quantitative estimate of drug-likeness (QED) is 0.257. The number of amides is 1. The normalized spacial score (nSPS) is 14.1. The van der Waals surface area contributed by atoms with E-state index in [4.69, 9.17) is 4.74 Å². The number of hydrogen-bond acceptors (Lipinski definition) is 4. The molecule has 7 nitrogen and oxygen atoms in total. The Labute approximate surface area is 241 Å². The summed E-state index contributed by atoms with van der Waals surface area (Å²) in [5, 5.41) is 2.32. The molecule has 7 heteroatoms. The van der Waals surface area contributed by atoms with Gasteiger partial charge in [0.05, 0.1) is 31.1 Å². The van der Waals surface area contributed by atoms with E-state index < -0.39 is 0 Å². The number of likely N-dealkylation sites (N-methyl/N-ethyl adjacent to an activating group) is 1. The maximum atomic E-state index is 14.0. The van der Waals surface area contributed by atoms with Gasteiger partial charge in [-0.05, 0) is 48.4 Å². The third-order valence-corrected chi connectivity index (χ3v) is 8.26. The van der Waals surface area contributed by atoms with Crippen molar-refractivity contribution in [2.24, 2.45) is 0 Å². The number of fused-ring (bicyclic) bond motifs is 1. The van der Waals surface area contributed by atoms with E-state index in [2.05, 4.69) is 80.8 Å². The second kappa shape index (κ2) is 11.6. The van der Waals surface area contributed by atoms with Gasteiger partial charge in [0.25, 0.3) is 5.91 Å². The number of aryl methyl sites for hydroxylation is 2. The first-order valence-corrected chi connectivity index (χ1v) is 14.3. The molecule has 0 bridgehead atoms. The van der Waals surface area contributed by atoms with E-state index in [1.807, 2.05) is 42.4 Å². The summed E-state index contributed by atoms with van der Waals surface area (Å²) in [5.41, 5.74) is 5.09. The number of aromatic nitrogens is 3. The molecule has 0 saturated carbocycles. The summed E-state index contributed by atoms with van der Waals surface area (Å²) in [6.45, 7) is 6.73. The van der Waals surface area contributed by atoms with Crippen LogP contribution in [0.4, 0.5) is 0 Å². The zero-order valence-electron chi connectivity index (χ0n) is 24.1. The van der Waals surface area contributed by atoms with Crippen LogP contribution in [0.25, 0.3) is 21.9 Å². The monoisotopic (exact) mass is 547 g/mol. The molecule has 41 heavy (non-hydrogen) atoms. The van der Waals surface area contributed by atoms with E-state index in [0.29, 0.717) is 6.54 Å². The molecule has 6 rings (SSSR count). The molecule has 3 aromatic carbocycles. The van der Waals surface area contributed by atoms with Crippen molar-refractivity contribution in [1.29, 1.82) is 0 Å². The van der Waals surface area contributed by atoms with Gasteiger partial charge in [-0.3, -0.25) is 4.79 Å². The summed E-state index contributed by atoms with van der Waals surface area (Å²) < 4.78 is 9.99. The SMILES string of the molecule is COc1ccccc1CCn1c(Cn2cc(C(=O)N3CCN(C)CC3)c(-c3cccc4ccccc34)c2)cnc1C. The van der Waals surface area contributed by atoms with Crippen molar-refractivity contribution >= 4 is 16.7 Å². The average molecular weight is 548 g/mol. The molecule has 0 atom stereocenters. The van der Waals surface area contributed by atoms with Crippen LogP contribution in [0.15, 0.2) is 85.3 Å². The van der Waals surface area contributed by atoms with E-state index in [9.17, 15) is 4.79 Å². The van der Waals surface area contributed by atoms with Gasteiger partial charge in [0.2, 0.25) is 0 Å². The Balaban J connectivity index is 1.34. The van der Waals surface area contributed by atoms with Crippen LogP contribution in [-0.2, 0) is 19.5 Å². The van der Waals surface area contributed by atoms with Gasteiger partial charge >= 0.3 is 0 Å². The molecule has 0 N–H and O–H groups in total. The van der Waals surface area contributed by atoms with Crippen LogP contribution in [0, 0.1) is 6.92 Å². The fourth-order valence-corrected chi connectivity index (χ4v) is 5.90. The first-order valence-electron chi connectivity index (χ1n) is 14.3. The lowest BCUT2D eigenvalue weighted by Crippen LogP contribution is -2.47. The molecular formula is C34H37N5O2. The third-order valence-electron chi connectivity index (χ3n) is 8.26. The molecule has 0 spiro atoms. The molecule has 5 aromatic rings. The van der Waals surface area contributed by atoms with Crippen LogP contribution >= 0.6 is 0 Å². The van der Waals surface area contributed by atoms with Crippen LogP contribution < -0.4 is 4.74 Å². The Bertz CT molecular complexity index is 1670. The molecule has 0 aliphatic carbocycles. The van der Waals surface area contributed by atoms with E-state index in [1.165, 1.54) is 10.9 Å². The molecule has 1 saturated heterocycles. The van der Waals surface area contributed by atoms with Crippen LogP contribution in [-0.4, -0.2) is 70.2 Å². The van der Waals surface area contributed by atoms with Gasteiger partial charge in [-0.15, -0.1) is 0 Å². The smallest absolute Gasteiger partial charge is 0.256 e. The highest BCUT2D eigenvalue weighted by molar-refractivity contribution is 6.06. The Morgan fingerprint density at radius 1 is 0.902 bits per heavy atom. The number of benzene rings is 3. The lowest BCUT2D eigenvalue weighted by Gasteiger charge is -2.32. The van der Waals surface area contributed by atoms with Gasteiger partial charge in [-0.25, -0.2) is 4.98 Å². The Morgan fingerprint density at radius 3 is 2.49 bits per heavy atom. The maximum absolute atomic E-state index is 14.0. The summed E-state index contributed by atoms with van der Waals surface area (Å²) in [6, 6.07) is 22.9. The van der Waals surface area contributed by atoms with Gasteiger partial charge in [0.15, 0.2) is 0 Å². The Morgan fingerprint density at radius 2 is 1.66 bits per heavy atom. The number of methoxy groups -OCH3 is 1. The fourth-order valence-electron chi connectivity index (χ4n) is 5.90. The van der Waals surface area contributed by atoms with Crippen LogP contribution in [0.1, 0.15) is 27.4 Å². The summed E-state index contributed by atoms with van der Waals surface area (Å²) >= 11 is 0. The van der Waals surface area contributed by atoms with Gasteiger partial charge in [0, 0.05) is 50.7 Å². The van der Waals surface area contributed by atoms with E-state index >= 15 is 0 Å². The lowest BCUT2D eigenvalue weighted by atomic mass is 9.97. The number of carbonyl (C=O) groups excluding carboxylic acids is 1. The molecule has 0 unspecified atom stereocenters. The molecule has 3 heterocycles. The number of piperazine rings is 1. The second-order valence-corrected chi connectivity index (χ2v) is 10.9. The number of rotatable bonds is 8. The highest BCUT2D eigenvalue weighted by Crippen LogP contribution is 2.33. The minimum absolute atomic E-state index is 0.0978. The van der Waals surface area contributed by atoms with Crippen LogP contribution in [0.3, 0.4) is 0 Å². The zero-order chi connectivity index (χ0) is 28.3. The predicted molar refractivity (Wildman–Crippen MR) is 164 cm³/mol. The van der Waals surface area contributed by atoms with Gasteiger partial charge in [0.1, 0.15) is 11.6 Å². The van der Waals surface area contributed by atoms with Crippen molar-refractivity contribution < 1.29 is 9.53 Å². The molecule has 2 aromatic heterocycles. The number of imidazole rings is 1. The predicted octanol–water partition coefficient (Wildman–Crippen LogP) is 5.50. The summed E-state index contributed by atoms with van der Waals surface area (Å²) in [5.74, 6) is 1.98. The molecule has 210 valence electrons. The molecule has 1 amide bonds. The van der Waals surface area contributed by atoms with Crippen molar-refractivity contribution in [1.82, 2.24) is 23.9 Å². The highest BCUT2D eigenvalue weighted by atomic mass is 16.5. The Kier molecular flexibility index (Phi) is 7.61. The number of para-hydroxylation sites is 1. The standard InChI is InChI=1S/C34H37N5O2/c1-25-35-21-28(39(25)16-15-27-10-5-7-14-33(27)41-3)22-37-23-31(30-13-8-11-26-9-4-6-12-29(26)30)32(24-37)34(40)38-19-17-36(2)18-20-38/h4-14,21,23-24H,15-20,22H2,1-3H3. The second-order valence-electron chi connectivity index (χ2n) is 10.9. The summed E-state index contributed by atoms with van der Waals surface area (Å²) in [7, 11) is 3.83. The van der Waals surface area contributed by atoms with Crippen molar-refractivity contribution in [3.8, 4) is 16.9 Å². The zero-order valence-corrected chi connectivity index (χ0v) is 24.1. The van der Waals surface area contributed by atoms with Crippen LogP contribution in [0.5, 0.6) is 5.75 Å². The minimum atomic E-state index is 0.0978. The number of hydrogen-bond donors (Lipinski definition) is 0. The minimum Gasteiger partial charge on any atom is -0.496 e. The van der Waals surface area contributed by atoms with Crippen molar-refractivity contribution in [3.63, 3.8) is 0 Å². The van der Waals surface area contributed by atoms with Crippen molar-refractivity contribution in [3.05, 3.63) is 108 Å². The van der Waals surface area contributed by atoms with Crippen molar-refractivity contribution in [2.75, 3.05) is 40.3 Å². The number of nitrogens with zero attached hydrogens (tertiary/aromatic N) is 5. The molecular weight excluding hydrogens is 510 g/mol. The first-order chi connectivity index (χ1) is 20.0. The molecule has 1 aliphatic heterocycles. The summed E-state index contributed by atoms with van der Waals surface area (Å²) in [4.78, 5) is 22.9. The van der Waals surface area contributed by atoms with E-state index in [1.54, 1.807) is 7.11 Å². The number of carbonyl (C=O) groups is 1. The largest absolute Gasteiger partial charge is 0.496 e. The molecule has 0 radical (unpaired) electrons. The van der Waals surface area contributed by atoms with E-state index in [-0.39, 0.29) is 5.91 Å². The molecule has 1 aliphatic rings. The first kappa shape index (κ1) is 26.8. The topological polar surface area (TPSA) is 55.5 Å². The average Bonchev–Trinajstić information content (AvgIpc) is 3.58. The maximum Gasteiger partial charge on any atom is 0.256 e. The highest BCUT2D eigenvalue weighted by Gasteiger charge is 2.25. The Hall–Kier alpha value is -4.36. The van der Waals surface area contributed by atoms with Gasteiger partial charge < -0.3 is 23.7 Å². The van der Waals surface area contributed by atoms with Crippen molar-refractivity contribution in [2.45, 2.75) is 26.4 Å². The third kappa shape index (κ3) is 5.50. The van der Waals surface area contributed by atoms with Crippen LogP contribution in [0.2, 0.25) is 0 Å². The number of ether oxygens (including phenoxy) is 1. The van der Waals surface area contributed by atoms with Gasteiger partial charge in [-0.2, -0.15) is 0 Å². The van der Waals surface area contributed by atoms with Gasteiger partial charge in [-0.1, -0.05) is 60.7 Å². The lowest BCUT2D eigenvalue weighted by molar-refractivity contribution is 0.0665. The molecule has 1 fully saturated rings. The summed E-state index contributed by atoms with van der Waals surface area (Å²) in [6.07, 6.45) is 6.97. The fraction of sp³-hybridized carbons (Fsp3) is 0.294. The van der Waals surface area contributed by atoms with E-state index in [0.717, 1.165) is 78.5 Å².